The van der Waals surface area contributed by atoms with Crippen LogP contribution in [0.5, 0.6) is 11.5 Å². The SMILES string of the molecule is C=C(C1c2cc(OC)ccc2N(CC)C1C)C1c2cc(OC)ccc2N(CC)C1C. The van der Waals surface area contributed by atoms with Gasteiger partial charge < -0.3 is 19.3 Å². The highest BCUT2D eigenvalue weighted by atomic mass is 16.5. The summed E-state index contributed by atoms with van der Waals surface area (Å²) >= 11 is 0. The second-order valence-corrected chi connectivity index (χ2v) is 8.43. The molecule has 0 bridgehead atoms. The fourth-order valence-corrected chi connectivity index (χ4v) is 5.79. The number of anilines is 2. The zero-order valence-electron chi connectivity index (χ0n) is 19.1. The van der Waals surface area contributed by atoms with Crippen LogP contribution in [0, 0.1) is 0 Å². The van der Waals surface area contributed by atoms with Gasteiger partial charge in [0.05, 0.1) is 14.2 Å². The Morgan fingerprint density at radius 3 is 1.53 bits per heavy atom. The van der Waals surface area contributed by atoms with Gasteiger partial charge in [0, 0.05) is 48.4 Å². The van der Waals surface area contributed by atoms with Gasteiger partial charge in [0.1, 0.15) is 11.5 Å². The Morgan fingerprint density at radius 2 is 1.20 bits per heavy atom. The third-order valence-electron chi connectivity index (χ3n) is 7.19. The van der Waals surface area contributed by atoms with Crippen molar-refractivity contribution >= 4 is 11.4 Å². The first-order valence-electron chi connectivity index (χ1n) is 11.0. The highest BCUT2D eigenvalue weighted by molar-refractivity contribution is 5.70. The summed E-state index contributed by atoms with van der Waals surface area (Å²) in [7, 11) is 3.48. The second-order valence-electron chi connectivity index (χ2n) is 8.43. The summed E-state index contributed by atoms with van der Waals surface area (Å²) < 4.78 is 11.1. The molecule has 0 aromatic heterocycles. The van der Waals surface area contributed by atoms with E-state index >= 15 is 0 Å². The Kier molecular flexibility index (Phi) is 5.44. The molecule has 160 valence electrons. The molecule has 0 spiro atoms. The van der Waals surface area contributed by atoms with Gasteiger partial charge >= 0.3 is 0 Å². The lowest BCUT2D eigenvalue weighted by atomic mass is 9.77. The smallest absolute Gasteiger partial charge is 0.119 e. The molecule has 4 atom stereocenters. The molecule has 0 N–H and O–H groups in total. The van der Waals surface area contributed by atoms with E-state index in [4.69, 9.17) is 16.1 Å². The minimum atomic E-state index is 0.262. The number of methoxy groups -OCH3 is 2. The van der Waals surface area contributed by atoms with Crippen molar-refractivity contribution < 1.29 is 9.47 Å². The summed E-state index contributed by atoms with van der Waals surface area (Å²) in [6.07, 6.45) is 0. The molecule has 0 saturated heterocycles. The van der Waals surface area contributed by atoms with Crippen LogP contribution >= 0.6 is 0 Å². The molecule has 2 heterocycles. The van der Waals surface area contributed by atoms with Crippen molar-refractivity contribution in [1.29, 1.82) is 0 Å². The average molecular weight is 407 g/mol. The molecule has 4 unspecified atom stereocenters. The maximum Gasteiger partial charge on any atom is 0.119 e. The van der Waals surface area contributed by atoms with Crippen LogP contribution in [0.3, 0.4) is 0 Å². The molecule has 2 aromatic rings. The summed E-state index contributed by atoms with van der Waals surface area (Å²) in [6.45, 7) is 15.8. The van der Waals surface area contributed by atoms with E-state index in [-0.39, 0.29) is 11.8 Å². The predicted molar refractivity (Wildman–Crippen MR) is 126 cm³/mol. The van der Waals surface area contributed by atoms with Gasteiger partial charge in [-0.25, -0.2) is 0 Å². The van der Waals surface area contributed by atoms with E-state index < -0.39 is 0 Å². The lowest BCUT2D eigenvalue weighted by Gasteiger charge is -2.32. The van der Waals surface area contributed by atoms with Crippen molar-refractivity contribution in [3.63, 3.8) is 0 Å². The molecule has 30 heavy (non-hydrogen) atoms. The predicted octanol–water partition coefficient (Wildman–Crippen LogP) is 5.58. The third kappa shape index (κ3) is 2.96. The van der Waals surface area contributed by atoms with E-state index in [2.05, 4.69) is 73.9 Å². The van der Waals surface area contributed by atoms with Crippen molar-refractivity contribution in [2.45, 2.75) is 51.6 Å². The van der Waals surface area contributed by atoms with E-state index in [1.165, 1.54) is 28.1 Å². The van der Waals surface area contributed by atoms with Crippen molar-refractivity contribution in [1.82, 2.24) is 0 Å². The first-order valence-corrected chi connectivity index (χ1v) is 11.0. The number of benzene rings is 2. The summed E-state index contributed by atoms with van der Waals surface area (Å²) in [5.41, 5.74) is 6.56. The molecule has 4 heteroatoms. The fourth-order valence-electron chi connectivity index (χ4n) is 5.79. The highest BCUT2D eigenvalue weighted by Gasteiger charge is 2.44. The minimum Gasteiger partial charge on any atom is -0.497 e. The van der Waals surface area contributed by atoms with E-state index in [0.29, 0.717) is 12.1 Å². The van der Waals surface area contributed by atoms with Crippen LogP contribution in [-0.2, 0) is 0 Å². The van der Waals surface area contributed by atoms with Gasteiger partial charge in [0.2, 0.25) is 0 Å². The maximum absolute atomic E-state index is 5.57. The van der Waals surface area contributed by atoms with Crippen LogP contribution < -0.4 is 19.3 Å². The maximum atomic E-state index is 5.57. The van der Waals surface area contributed by atoms with Gasteiger partial charge in [0.25, 0.3) is 0 Å². The highest BCUT2D eigenvalue weighted by Crippen LogP contribution is 2.53. The number of nitrogens with zero attached hydrogens (tertiary/aromatic N) is 2. The molecule has 4 rings (SSSR count). The van der Waals surface area contributed by atoms with Gasteiger partial charge in [-0.15, -0.1) is 0 Å². The van der Waals surface area contributed by atoms with Crippen molar-refractivity contribution in [2.24, 2.45) is 0 Å². The summed E-state index contributed by atoms with van der Waals surface area (Å²) in [4.78, 5) is 4.99. The standard InChI is InChI=1S/C26H34N2O2/c1-8-27-17(4)25(21-14-19(29-6)10-12-23(21)27)16(3)26-18(5)28(9-2)24-13-11-20(30-7)15-22(24)26/h10-15,17-18,25-26H,3,8-9H2,1-2,4-7H3. The Bertz CT molecular complexity index is 879. The van der Waals surface area contributed by atoms with Gasteiger partial charge in [0.15, 0.2) is 0 Å². The van der Waals surface area contributed by atoms with Crippen molar-refractivity contribution in [3.05, 3.63) is 59.7 Å². The van der Waals surface area contributed by atoms with Gasteiger partial charge in [-0.05, 0) is 75.2 Å². The molecular weight excluding hydrogens is 372 g/mol. The van der Waals surface area contributed by atoms with Crippen molar-refractivity contribution in [2.75, 3.05) is 37.1 Å². The molecule has 4 nitrogen and oxygen atoms in total. The third-order valence-corrected chi connectivity index (χ3v) is 7.19. The Morgan fingerprint density at radius 1 is 0.800 bits per heavy atom. The molecule has 0 aliphatic carbocycles. The van der Waals surface area contributed by atoms with Gasteiger partial charge in [-0.1, -0.05) is 12.2 Å². The van der Waals surface area contributed by atoms with Crippen LogP contribution in [0.1, 0.15) is 50.7 Å². The zero-order chi connectivity index (χ0) is 21.6. The summed E-state index contributed by atoms with van der Waals surface area (Å²) in [6, 6.07) is 13.7. The molecule has 0 amide bonds. The van der Waals surface area contributed by atoms with Crippen LogP contribution in [0.25, 0.3) is 0 Å². The number of hydrogen-bond donors (Lipinski definition) is 0. The van der Waals surface area contributed by atoms with E-state index in [1.54, 1.807) is 14.2 Å². The van der Waals surface area contributed by atoms with Gasteiger partial charge in [-0.3, -0.25) is 0 Å². The lowest BCUT2D eigenvalue weighted by Crippen LogP contribution is -2.35. The molecule has 0 saturated carbocycles. The van der Waals surface area contributed by atoms with Crippen molar-refractivity contribution in [3.8, 4) is 11.5 Å². The molecule has 0 fully saturated rings. The Hall–Kier alpha value is -2.62. The molecule has 2 aliphatic rings. The first kappa shape index (κ1) is 20.6. The largest absolute Gasteiger partial charge is 0.497 e. The number of ether oxygens (including phenoxy) is 2. The molecule has 0 radical (unpaired) electrons. The van der Waals surface area contributed by atoms with Gasteiger partial charge in [-0.2, -0.15) is 0 Å². The fraction of sp³-hybridized carbons (Fsp3) is 0.462. The quantitative estimate of drug-likeness (QED) is 0.584. The lowest BCUT2D eigenvalue weighted by molar-refractivity contribution is 0.414. The van der Waals surface area contributed by atoms with Crippen LogP contribution in [-0.4, -0.2) is 39.4 Å². The first-order chi connectivity index (χ1) is 14.5. The Balaban J connectivity index is 1.80. The zero-order valence-corrected chi connectivity index (χ0v) is 19.1. The molecule has 2 aromatic carbocycles. The average Bonchev–Trinajstić information content (AvgIpc) is 3.20. The second kappa shape index (κ2) is 7.90. The molecular formula is C26H34N2O2. The van der Waals surface area contributed by atoms with E-state index in [0.717, 1.165) is 24.6 Å². The number of fused-ring (bicyclic) bond motifs is 2. The summed E-state index contributed by atoms with van der Waals surface area (Å²) in [5, 5.41) is 0. The van der Waals surface area contributed by atoms with Crippen LogP contribution in [0.15, 0.2) is 48.6 Å². The monoisotopic (exact) mass is 406 g/mol. The van der Waals surface area contributed by atoms with Crippen LogP contribution in [0.4, 0.5) is 11.4 Å². The van der Waals surface area contributed by atoms with E-state index in [9.17, 15) is 0 Å². The number of hydrogen-bond acceptors (Lipinski definition) is 4. The normalized spacial score (nSPS) is 24.6. The topological polar surface area (TPSA) is 24.9 Å². The molecule has 2 aliphatic heterocycles. The number of likely N-dealkylation sites (N-methyl/N-ethyl adjacent to an activating group) is 2. The minimum absolute atomic E-state index is 0.262. The Labute approximate surface area is 181 Å². The summed E-state index contributed by atoms with van der Waals surface area (Å²) in [5.74, 6) is 2.35. The number of rotatable bonds is 6. The van der Waals surface area contributed by atoms with E-state index in [1.807, 2.05) is 0 Å². The van der Waals surface area contributed by atoms with Crippen LogP contribution in [0.2, 0.25) is 0 Å².